The first-order valence-electron chi connectivity index (χ1n) is 8.07. The molecule has 128 valence electrons. The predicted molar refractivity (Wildman–Crippen MR) is 99.2 cm³/mol. The molecule has 3 aromatic carbocycles. The number of benzene rings is 3. The number of nitriles is 1. The molecule has 0 saturated heterocycles. The van der Waals surface area contributed by atoms with Gasteiger partial charge in [-0.05, 0) is 48.0 Å². The van der Waals surface area contributed by atoms with E-state index in [4.69, 9.17) is 10.00 Å². The van der Waals surface area contributed by atoms with Gasteiger partial charge in [-0.2, -0.15) is 5.26 Å². The number of amides is 1. The van der Waals surface area contributed by atoms with Crippen LogP contribution >= 0.6 is 0 Å². The Labute approximate surface area is 150 Å². The third-order valence-electron chi connectivity index (χ3n) is 4.00. The minimum atomic E-state index is -0.800. The van der Waals surface area contributed by atoms with Gasteiger partial charge in [0.1, 0.15) is 5.75 Å². The lowest BCUT2D eigenvalue weighted by Crippen LogP contribution is -2.30. The Morgan fingerprint density at radius 2 is 1.85 bits per heavy atom. The topological polar surface area (TPSA) is 79.2 Å². The molecule has 0 aliphatic rings. The highest BCUT2D eigenvalue weighted by Gasteiger charge is 2.17. The van der Waals surface area contributed by atoms with Crippen LogP contribution in [0.25, 0.3) is 10.8 Å². The maximum Gasteiger partial charge on any atom is 0.265 e. The summed E-state index contributed by atoms with van der Waals surface area (Å²) in [6.45, 7) is 1.61. The number of aldehydes is 1. The molecular formula is C21H16N2O3. The maximum absolute atomic E-state index is 12.3. The normalized spacial score (nSPS) is 11.4. The lowest BCUT2D eigenvalue weighted by atomic mass is 10.0. The second-order valence-corrected chi connectivity index (χ2v) is 5.75. The molecule has 0 radical (unpaired) electrons. The first-order valence-corrected chi connectivity index (χ1v) is 8.07. The Hall–Kier alpha value is -3.65. The SMILES string of the molecule is C[C@@H](Oc1ccc2ccccc2c1C=O)C(=O)Nc1ccc(C#N)cc1. The van der Waals surface area contributed by atoms with E-state index in [2.05, 4.69) is 5.32 Å². The molecule has 5 heteroatoms. The molecule has 0 spiro atoms. The Kier molecular flexibility index (Phi) is 4.95. The van der Waals surface area contributed by atoms with Gasteiger partial charge in [-0.25, -0.2) is 0 Å². The highest BCUT2D eigenvalue weighted by Crippen LogP contribution is 2.27. The van der Waals surface area contributed by atoms with Crippen molar-refractivity contribution in [1.82, 2.24) is 0 Å². The highest BCUT2D eigenvalue weighted by molar-refractivity contribution is 6.01. The van der Waals surface area contributed by atoms with E-state index in [1.54, 1.807) is 37.3 Å². The van der Waals surface area contributed by atoms with Crippen molar-refractivity contribution in [1.29, 1.82) is 5.26 Å². The van der Waals surface area contributed by atoms with Crippen molar-refractivity contribution >= 4 is 28.7 Å². The molecule has 1 N–H and O–H groups in total. The van der Waals surface area contributed by atoms with Crippen LogP contribution in [0, 0.1) is 11.3 Å². The Balaban J connectivity index is 1.77. The van der Waals surface area contributed by atoms with Gasteiger partial charge in [-0.3, -0.25) is 9.59 Å². The Bertz CT molecular complexity index is 1000. The monoisotopic (exact) mass is 344 g/mol. The fourth-order valence-corrected chi connectivity index (χ4v) is 2.62. The van der Waals surface area contributed by atoms with E-state index in [-0.39, 0.29) is 5.91 Å². The van der Waals surface area contributed by atoms with Crippen molar-refractivity contribution in [2.45, 2.75) is 13.0 Å². The summed E-state index contributed by atoms with van der Waals surface area (Å²) >= 11 is 0. The first-order chi connectivity index (χ1) is 12.6. The molecule has 0 aliphatic heterocycles. The molecule has 3 aromatic rings. The average Bonchev–Trinajstić information content (AvgIpc) is 2.68. The number of hydrogen-bond donors (Lipinski definition) is 1. The number of rotatable bonds is 5. The van der Waals surface area contributed by atoms with Crippen LogP contribution in [0.5, 0.6) is 5.75 Å². The van der Waals surface area contributed by atoms with Crippen LogP contribution in [0.2, 0.25) is 0 Å². The smallest absolute Gasteiger partial charge is 0.265 e. The zero-order chi connectivity index (χ0) is 18.5. The fourth-order valence-electron chi connectivity index (χ4n) is 2.62. The number of hydrogen-bond acceptors (Lipinski definition) is 4. The molecule has 5 nitrogen and oxygen atoms in total. The molecule has 0 unspecified atom stereocenters. The quantitative estimate of drug-likeness (QED) is 0.711. The standard InChI is InChI=1S/C21H16N2O3/c1-14(21(25)23-17-9-6-15(12-22)7-10-17)26-20-11-8-16-4-2-3-5-18(16)19(20)13-24/h2-11,13-14H,1H3,(H,23,25)/t14-/m1/s1. The van der Waals surface area contributed by atoms with Gasteiger partial charge in [-0.1, -0.05) is 30.3 Å². The molecule has 26 heavy (non-hydrogen) atoms. The molecule has 1 atom stereocenters. The van der Waals surface area contributed by atoms with Crippen LogP contribution in [0.15, 0.2) is 60.7 Å². The number of carbonyl (C=O) groups is 2. The van der Waals surface area contributed by atoms with Crippen molar-refractivity contribution in [3.63, 3.8) is 0 Å². The van der Waals surface area contributed by atoms with Crippen LogP contribution in [0.3, 0.4) is 0 Å². The summed E-state index contributed by atoms with van der Waals surface area (Å²) in [4.78, 5) is 23.9. The van der Waals surface area contributed by atoms with Crippen molar-refractivity contribution in [3.05, 3.63) is 71.8 Å². The number of fused-ring (bicyclic) bond motifs is 1. The molecule has 0 saturated carbocycles. The molecule has 1 amide bonds. The Morgan fingerprint density at radius 1 is 1.12 bits per heavy atom. The molecule has 0 heterocycles. The van der Waals surface area contributed by atoms with Gasteiger partial charge >= 0.3 is 0 Å². The van der Waals surface area contributed by atoms with E-state index in [0.717, 1.165) is 17.1 Å². The predicted octanol–water partition coefficient (Wildman–Crippen LogP) is 3.93. The van der Waals surface area contributed by atoms with Gasteiger partial charge in [0.25, 0.3) is 5.91 Å². The number of nitrogens with zero attached hydrogens (tertiary/aromatic N) is 1. The number of ether oxygens (including phenoxy) is 1. The summed E-state index contributed by atoms with van der Waals surface area (Å²) in [5, 5.41) is 13.2. The molecule has 0 aliphatic carbocycles. The average molecular weight is 344 g/mol. The summed E-state index contributed by atoms with van der Waals surface area (Å²) < 4.78 is 5.73. The van der Waals surface area contributed by atoms with E-state index < -0.39 is 6.10 Å². The molecule has 0 fully saturated rings. The largest absolute Gasteiger partial charge is 0.480 e. The fraction of sp³-hybridized carbons (Fsp3) is 0.0952. The van der Waals surface area contributed by atoms with Crippen LogP contribution < -0.4 is 10.1 Å². The maximum atomic E-state index is 12.3. The number of anilines is 1. The van der Waals surface area contributed by atoms with Crippen molar-refractivity contribution < 1.29 is 14.3 Å². The van der Waals surface area contributed by atoms with Crippen LogP contribution in [-0.2, 0) is 4.79 Å². The zero-order valence-electron chi connectivity index (χ0n) is 14.1. The van der Waals surface area contributed by atoms with Gasteiger partial charge < -0.3 is 10.1 Å². The van der Waals surface area contributed by atoms with E-state index in [1.807, 2.05) is 36.4 Å². The van der Waals surface area contributed by atoms with E-state index in [0.29, 0.717) is 22.6 Å². The van der Waals surface area contributed by atoms with E-state index >= 15 is 0 Å². The third kappa shape index (κ3) is 3.55. The van der Waals surface area contributed by atoms with Crippen molar-refractivity contribution in [3.8, 4) is 11.8 Å². The summed E-state index contributed by atoms with van der Waals surface area (Å²) in [6.07, 6.45) is -0.0615. The second-order valence-electron chi connectivity index (χ2n) is 5.75. The van der Waals surface area contributed by atoms with Crippen LogP contribution in [0.1, 0.15) is 22.8 Å². The Morgan fingerprint density at radius 3 is 2.54 bits per heavy atom. The van der Waals surface area contributed by atoms with Crippen LogP contribution in [-0.4, -0.2) is 18.3 Å². The minimum Gasteiger partial charge on any atom is -0.480 e. The lowest BCUT2D eigenvalue weighted by Gasteiger charge is -2.17. The van der Waals surface area contributed by atoms with Gasteiger partial charge in [0.05, 0.1) is 17.2 Å². The van der Waals surface area contributed by atoms with E-state index in [1.165, 1.54) is 0 Å². The van der Waals surface area contributed by atoms with Gasteiger partial charge in [0.2, 0.25) is 0 Å². The van der Waals surface area contributed by atoms with Gasteiger partial charge in [0.15, 0.2) is 12.4 Å². The van der Waals surface area contributed by atoms with Crippen molar-refractivity contribution in [2.75, 3.05) is 5.32 Å². The van der Waals surface area contributed by atoms with Crippen LogP contribution in [0.4, 0.5) is 5.69 Å². The number of carbonyl (C=O) groups excluding carboxylic acids is 2. The first kappa shape index (κ1) is 17.2. The zero-order valence-corrected chi connectivity index (χ0v) is 14.1. The lowest BCUT2D eigenvalue weighted by molar-refractivity contribution is -0.122. The highest BCUT2D eigenvalue weighted by atomic mass is 16.5. The summed E-state index contributed by atoms with van der Waals surface area (Å²) in [5.74, 6) is 0.0147. The number of nitrogens with one attached hydrogen (secondary N) is 1. The third-order valence-corrected chi connectivity index (χ3v) is 4.00. The molecule has 0 aromatic heterocycles. The minimum absolute atomic E-state index is 0.347. The summed E-state index contributed by atoms with van der Waals surface area (Å²) in [6, 6.07) is 19.6. The van der Waals surface area contributed by atoms with E-state index in [9.17, 15) is 9.59 Å². The van der Waals surface area contributed by atoms with Gasteiger partial charge in [-0.15, -0.1) is 0 Å². The molecular weight excluding hydrogens is 328 g/mol. The van der Waals surface area contributed by atoms with Crippen molar-refractivity contribution in [2.24, 2.45) is 0 Å². The summed E-state index contributed by atoms with van der Waals surface area (Å²) in [7, 11) is 0. The molecule has 0 bridgehead atoms. The summed E-state index contributed by atoms with van der Waals surface area (Å²) in [5.41, 5.74) is 1.50. The van der Waals surface area contributed by atoms with Gasteiger partial charge in [0, 0.05) is 5.69 Å². The molecule has 3 rings (SSSR count). The second kappa shape index (κ2) is 7.49.